The fraction of sp³-hybridized carbons (Fsp3) is 0.200. The predicted molar refractivity (Wildman–Crippen MR) is 78.7 cm³/mol. The van der Waals surface area contributed by atoms with Crippen LogP contribution in [0, 0.1) is 6.92 Å². The van der Waals surface area contributed by atoms with Crippen molar-refractivity contribution >= 4 is 17.6 Å². The van der Waals surface area contributed by atoms with Crippen molar-refractivity contribution in [1.29, 1.82) is 0 Å². The Morgan fingerprint density at radius 1 is 1.14 bits per heavy atom. The molecule has 1 aromatic heterocycles. The van der Waals surface area contributed by atoms with E-state index in [1.165, 1.54) is 12.4 Å². The summed E-state index contributed by atoms with van der Waals surface area (Å²) in [5.74, 6) is -0.460. The van der Waals surface area contributed by atoms with Gasteiger partial charge in [0, 0.05) is 11.9 Å². The number of esters is 1. The van der Waals surface area contributed by atoms with E-state index in [-0.39, 0.29) is 5.69 Å². The van der Waals surface area contributed by atoms with Gasteiger partial charge in [-0.15, -0.1) is 0 Å². The minimum Gasteiger partial charge on any atom is -0.497 e. The number of aromatic nitrogens is 2. The zero-order valence-electron chi connectivity index (χ0n) is 12.2. The molecule has 0 saturated carbocycles. The lowest BCUT2D eigenvalue weighted by molar-refractivity contribution is -0.119. The smallest absolute Gasteiger partial charge is 0.359 e. The van der Waals surface area contributed by atoms with E-state index in [2.05, 4.69) is 15.3 Å². The second-order valence-corrected chi connectivity index (χ2v) is 4.40. The molecule has 0 atom stereocenters. The number of nitrogens with zero attached hydrogens (tertiary/aromatic N) is 2. The van der Waals surface area contributed by atoms with E-state index in [0.29, 0.717) is 17.1 Å². The van der Waals surface area contributed by atoms with Gasteiger partial charge in [-0.1, -0.05) is 0 Å². The van der Waals surface area contributed by atoms with Crippen molar-refractivity contribution in [2.24, 2.45) is 0 Å². The summed E-state index contributed by atoms with van der Waals surface area (Å²) in [5, 5.41) is 2.60. The fourth-order valence-corrected chi connectivity index (χ4v) is 1.57. The van der Waals surface area contributed by atoms with Crippen LogP contribution in [0.2, 0.25) is 0 Å². The number of ether oxygens (including phenoxy) is 2. The van der Waals surface area contributed by atoms with Crippen LogP contribution >= 0.6 is 0 Å². The van der Waals surface area contributed by atoms with Crippen molar-refractivity contribution < 1.29 is 19.1 Å². The Kier molecular flexibility index (Phi) is 5.02. The first kappa shape index (κ1) is 15.4. The lowest BCUT2D eigenvalue weighted by Crippen LogP contribution is -2.21. The Balaban J connectivity index is 1.84. The molecule has 1 N–H and O–H groups in total. The second kappa shape index (κ2) is 7.16. The number of aryl methyl sites for hydroxylation is 1. The Labute approximate surface area is 127 Å². The SMILES string of the molecule is COc1ccc(NC(=O)COC(=O)c2cnc(C)cn2)cc1. The van der Waals surface area contributed by atoms with Gasteiger partial charge in [0.15, 0.2) is 12.3 Å². The largest absolute Gasteiger partial charge is 0.497 e. The first-order chi connectivity index (χ1) is 10.6. The summed E-state index contributed by atoms with van der Waals surface area (Å²) in [6.07, 6.45) is 2.76. The second-order valence-electron chi connectivity index (χ2n) is 4.40. The topological polar surface area (TPSA) is 90.4 Å². The molecule has 0 spiro atoms. The van der Waals surface area contributed by atoms with Gasteiger partial charge in [-0.05, 0) is 31.2 Å². The minimum absolute atomic E-state index is 0.0582. The Morgan fingerprint density at radius 3 is 2.45 bits per heavy atom. The molecule has 22 heavy (non-hydrogen) atoms. The van der Waals surface area contributed by atoms with E-state index in [1.807, 2.05) is 0 Å². The number of methoxy groups -OCH3 is 1. The van der Waals surface area contributed by atoms with E-state index in [0.717, 1.165) is 0 Å². The summed E-state index contributed by atoms with van der Waals surface area (Å²) in [5.41, 5.74) is 1.33. The maximum atomic E-state index is 11.7. The number of anilines is 1. The highest BCUT2D eigenvalue weighted by Crippen LogP contribution is 2.14. The molecule has 0 radical (unpaired) electrons. The van der Waals surface area contributed by atoms with Crippen LogP contribution in [0.25, 0.3) is 0 Å². The van der Waals surface area contributed by atoms with Crippen LogP contribution in [0.4, 0.5) is 5.69 Å². The van der Waals surface area contributed by atoms with Crippen molar-refractivity contribution in [3.63, 3.8) is 0 Å². The summed E-state index contributed by atoms with van der Waals surface area (Å²) in [6.45, 7) is 1.35. The normalized spacial score (nSPS) is 9.91. The number of carbonyl (C=O) groups is 2. The Bertz CT molecular complexity index is 653. The predicted octanol–water partition coefficient (Wildman–Crippen LogP) is 1.59. The highest BCUT2D eigenvalue weighted by molar-refractivity contribution is 5.94. The number of benzene rings is 1. The van der Waals surface area contributed by atoms with Gasteiger partial charge in [0.25, 0.3) is 5.91 Å². The van der Waals surface area contributed by atoms with Crippen LogP contribution in [0.5, 0.6) is 5.75 Å². The summed E-state index contributed by atoms with van der Waals surface area (Å²) < 4.78 is 9.88. The monoisotopic (exact) mass is 301 g/mol. The van der Waals surface area contributed by atoms with Crippen LogP contribution in [-0.4, -0.2) is 35.6 Å². The molecule has 0 aliphatic carbocycles. The first-order valence-electron chi connectivity index (χ1n) is 6.48. The molecule has 0 bridgehead atoms. The molecule has 0 aliphatic rings. The standard InChI is InChI=1S/C15H15N3O4/c1-10-7-17-13(8-16-10)15(20)22-9-14(19)18-11-3-5-12(21-2)6-4-11/h3-8H,9H2,1-2H3,(H,18,19). The van der Waals surface area contributed by atoms with Crippen molar-refractivity contribution in [2.75, 3.05) is 19.0 Å². The van der Waals surface area contributed by atoms with Gasteiger partial charge in [0.2, 0.25) is 0 Å². The molecule has 7 heteroatoms. The number of carbonyl (C=O) groups excluding carboxylic acids is 2. The lowest BCUT2D eigenvalue weighted by Gasteiger charge is -2.07. The highest BCUT2D eigenvalue weighted by atomic mass is 16.5. The van der Waals surface area contributed by atoms with E-state index < -0.39 is 18.5 Å². The van der Waals surface area contributed by atoms with E-state index in [4.69, 9.17) is 9.47 Å². The van der Waals surface area contributed by atoms with Gasteiger partial charge < -0.3 is 14.8 Å². The third-order valence-electron chi connectivity index (χ3n) is 2.70. The quantitative estimate of drug-likeness (QED) is 0.843. The lowest BCUT2D eigenvalue weighted by atomic mass is 10.3. The maximum absolute atomic E-state index is 11.7. The summed E-state index contributed by atoms with van der Waals surface area (Å²) in [6, 6.07) is 6.79. The van der Waals surface area contributed by atoms with Crippen molar-refractivity contribution in [3.8, 4) is 5.75 Å². The Hall–Kier alpha value is -2.96. The molecule has 114 valence electrons. The molecule has 0 saturated heterocycles. The number of hydrogen-bond acceptors (Lipinski definition) is 6. The molecule has 1 heterocycles. The molecule has 0 unspecified atom stereocenters. The number of hydrogen-bond donors (Lipinski definition) is 1. The average molecular weight is 301 g/mol. The van der Waals surface area contributed by atoms with E-state index in [9.17, 15) is 9.59 Å². The van der Waals surface area contributed by atoms with Gasteiger partial charge in [0.1, 0.15) is 5.75 Å². The van der Waals surface area contributed by atoms with Crippen LogP contribution < -0.4 is 10.1 Å². The maximum Gasteiger partial charge on any atom is 0.359 e. The molecule has 1 amide bonds. The van der Waals surface area contributed by atoms with Gasteiger partial charge >= 0.3 is 5.97 Å². The van der Waals surface area contributed by atoms with Crippen LogP contribution in [0.1, 0.15) is 16.2 Å². The molecule has 7 nitrogen and oxygen atoms in total. The van der Waals surface area contributed by atoms with Crippen LogP contribution in [-0.2, 0) is 9.53 Å². The first-order valence-corrected chi connectivity index (χ1v) is 6.48. The number of amides is 1. The van der Waals surface area contributed by atoms with Crippen LogP contribution in [0.3, 0.4) is 0 Å². The molecule has 2 rings (SSSR count). The summed E-state index contributed by atoms with van der Waals surface area (Å²) in [7, 11) is 1.56. The molecule has 1 aromatic carbocycles. The van der Waals surface area contributed by atoms with Crippen molar-refractivity contribution in [2.45, 2.75) is 6.92 Å². The Morgan fingerprint density at radius 2 is 1.86 bits per heavy atom. The molecular weight excluding hydrogens is 286 g/mol. The van der Waals surface area contributed by atoms with Gasteiger partial charge in [-0.25, -0.2) is 9.78 Å². The highest BCUT2D eigenvalue weighted by Gasteiger charge is 2.12. The molecular formula is C15H15N3O4. The molecule has 0 aliphatic heterocycles. The third kappa shape index (κ3) is 4.27. The van der Waals surface area contributed by atoms with E-state index >= 15 is 0 Å². The van der Waals surface area contributed by atoms with Crippen molar-refractivity contribution in [3.05, 3.63) is 48.0 Å². The van der Waals surface area contributed by atoms with Crippen LogP contribution in [0.15, 0.2) is 36.7 Å². The summed E-state index contributed by atoms with van der Waals surface area (Å²) >= 11 is 0. The van der Waals surface area contributed by atoms with Gasteiger partial charge in [-0.3, -0.25) is 9.78 Å². The van der Waals surface area contributed by atoms with E-state index in [1.54, 1.807) is 38.3 Å². The molecule has 2 aromatic rings. The number of rotatable bonds is 5. The number of nitrogens with one attached hydrogen (secondary N) is 1. The third-order valence-corrected chi connectivity index (χ3v) is 2.70. The average Bonchev–Trinajstić information content (AvgIpc) is 2.54. The zero-order chi connectivity index (χ0) is 15.9. The van der Waals surface area contributed by atoms with Gasteiger partial charge in [-0.2, -0.15) is 0 Å². The fourth-order valence-electron chi connectivity index (χ4n) is 1.57. The van der Waals surface area contributed by atoms with Gasteiger partial charge in [0.05, 0.1) is 19.0 Å². The molecule has 0 fully saturated rings. The van der Waals surface area contributed by atoms with Crippen molar-refractivity contribution in [1.82, 2.24) is 9.97 Å². The minimum atomic E-state index is -0.697. The summed E-state index contributed by atoms with van der Waals surface area (Å²) in [4.78, 5) is 31.2. The zero-order valence-corrected chi connectivity index (χ0v) is 12.2.